The van der Waals surface area contributed by atoms with E-state index in [1.807, 2.05) is 0 Å². The number of carbonyl (C=O) groups is 1. The molecule has 1 N–H and O–H groups in total. The Morgan fingerprint density at radius 1 is 1.89 bits per heavy atom. The maximum atomic E-state index is 10.4. The zero-order valence-electron chi connectivity index (χ0n) is 5.52. The number of nitrogens with one attached hydrogen (secondary N) is 1. The number of esters is 1. The molecule has 0 aromatic rings. The van der Waals surface area contributed by atoms with Gasteiger partial charge < -0.3 is 10.1 Å². The first-order valence-electron chi connectivity index (χ1n) is 3.22. The van der Waals surface area contributed by atoms with Crippen LogP contribution in [0.2, 0.25) is 0 Å². The quantitative estimate of drug-likeness (QED) is 0.503. The number of rotatable bonds is 1. The van der Waals surface area contributed by atoms with Crippen LogP contribution in [0.1, 0.15) is 13.3 Å². The summed E-state index contributed by atoms with van der Waals surface area (Å²) in [5.74, 6) is -0.139. The van der Waals surface area contributed by atoms with Crippen molar-refractivity contribution in [1.29, 1.82) is 0 Å². The van der Waals surface area contributed by atoms with Crippen LogP contribution in [0.3, 0.4) is 0 Å². The fourth-order valence-corrected chi connectivity index (χ4v) is 0.793. The topological polar surface area (TPSA) is 38.3 Å². The number of hydrogen-bond acceptors (Lipinski definition) is 3. The molecule has 3 heteroatoms. The van der Waals surface area contributed by atoms with E-state index in [4.69, 9.17) is 4.74 Å². The van der Waals surface area contributed by atoms with Crippen molar-refractivity contribution in [3.8, 4) is 0 Å². The van der Waals surface area contributed by atoms with Gasteiger partial charge in [-0.3, -0.25) is 4.79 Å². The summed E-state index contributed by atoms with van der Waals surface area (Å²) in [5, 5.41) is 3.04. The minimum atomic E-state index is -0.139. The average molecular weight is 129 g/mol. The van der Waals surface area contributed by atoms with Crippen LogP contribution in [0.4, 0.5) is 0 Å². The lowest BCUT2D eigenvalue weighted by atomic mass is 10.2. The largest absolute Gasteiger partial charge is 0.463 e. The molecule has 0 bridgehead atoms. The Morgan fingerprint density at radius 3 is 3.11 bits per heavy atom. The Hall–Kier alpha value is -0.570. The summed E-state index contributed by atoms with van der Waals surface area (Å²) in [6.07, 6.45) is 1.02. The zero-order chi connectivity index (χ0) is 6.69. The number of hydrogen-bond donors (Lipinski definition) is 1. The van der Waals surface area contributed by atoms with Gasteiger partial charge in [0.1, 0.15) is 6.61 Å². The fraction of sp³-hybridized carbons (Fsp3) is 0.833. The Labute approximate surface area is 54.4 Å². The fourth-order valence-electron chi connectivity index (χ4n) is 0.793. The molecule has 0 aliphatic carbocycles. The highest BCUT2D eigenvalue weighted by molar-refractivity contribution is 5.72. The molecule has 52 valence electrons. The highest BCUT2D eigenvalue weighted by Crippen LogP contribution is 1.96. The lowest BCUT2D eigenvalue weighted by molar-refractivity contribution is -0.146. The second-order valence-electron chi connectivity index (χ2n) is 2.17. The van der Waals surface area contributed by atoms with Gasteiger partial charge >= 0.3 is 5.97 Å². The van der Waals surface area contributed by atoms with E-state index in [-0.39, 0.29) is 5.97 Å². The maximum absolute atomic E-state index is 10.4. The number of ether oxygens (including phenoxy) is 1. The van der Waals surface area contributed by atoms with Crippen molar-refractivity contribution in [2.24, 2.45) is 0 Å². The van der Waals surface area contributed by atoms with Crippen molar-refractivity contribution in [2.45, 2.75) is 19.4 Å². The van der Waals surface area contributed by atoms with Crippen molar-refractivity contribution in [3.63, 3.8) is 0 Å². The summed E-state index contributed by atoms with van der Waals surface area (Å²) >= 11 is 0. The molecular weight excluding hydrogens is 118 g/mol. The Balaban J connectivity index is 2.26. The zero-order valence-corrected chi connectivity index (χ0v) is 5.52. The molecule has 1 aliphatic rings. The lowest BCUT2D eigenvalue weighted by Crippen LogP contribution is -2.43. The molecule has 0 spiro atoms. The summed E-state index contributed by atoms with van der Waals surface area (Å²) in [6, 6.07) is 0.377. The van der Waals surface area contributed by atoms with Crippen LogP contribution < -0.4 is 5.32 Å². The normalized spacial score (nSPS) is 27.7. The van der Waals surface area contributed by atoms with Gasteiger partial charge in [0.05, 0.1) is 6.54 Å². The summed E-state index contributed by atoms with van der Waals surface area (Å²) in [7, 11) is 0. The Kier molecular flexibility index (Phi) is 2.05. The monoisotopic (exact) mass is 129 g/mol. The molecule has 0 unspecified atom stereocenters. The van der Waals surface area contributed by atoms with Gasteiger partial charge in [-0.2, -0.15) is 0 Å². The standard InChI is InChI=1S/C6H11NO2/c1-2-5-4-9-6(8)3-7-5/h5,7H,2-4H2,1H3/t5-/m0/s1. The van der Waals surface area contributed by atoms with E-state index in [9.17, 15) is 4.79 Å². The first kappa shape index (κ1) is 6.55. The molecule has 1 rings (SSSR count). The number of cyclic esters (lactones) is 1. The van der Waals surface area contributed by atoms with Gasteiger partial charge in [0.2, 0.25) is 0 Å². The molecule has 1 heterocycles. The molecule has 0 amide bonds. The maximum Gasteiger partial charge on any atom is 0.319 e. The molecular formula is C6H11NO2. The molecule has 9 heavy (non-hydrogen) atoms. The van der Waals surface area contributed by atoms with Crippen molar-refractivity contribution in [1.82, 2.24) is 5.32 Å². The van der Waals surface area contributed by atoms with Gasteiger partial charge in [-0.05, 0) is 6.42 Å². The molecule has 1 atom stereocenters. The van der Waals surface area contributed by atoms with Crippen molar-refractivity contribution >= 4 is 5.97 Å². The third kappa shape index (κ3) is 1.68. The molecule has 0 radical (unpaired) electrons. The van der Waals surface area contributed by atoms with Crippen molar-refractivity contribution in [2.75, 3.05) is 13.2 Å². The van der Waals surface area contributed by atoms with Crippen molar-refractivity contribution in [3.05, 3.63) is 0 Å². The SMILES string of the molecule is CC[C@H]1COC(=O)CN1. The third-order valence-electron chi connectivity index (χ3n) is 1.47. The Bertz CT molecular complexity index is 104. The van der Waals surface area contributed by atoms with Gasteiger partial charge in [-0.15, -0.1) is 0 Å². The second kappa shape index (κ2) is 2.82. The summed E-state index contributed by atoms with van der Waals surface area (Å²) < 4.78 is 4.78. The van der Waals surface area contributed by atoms with Crippen LogP contribution in [0.5, 0.6) is 0 Å². The molecule has 1 fully saturated rings. The predicted octanol–water partition coefficient (Wildman–Crippen LogP) is -0.0886. The summed E-state index contributed by atoms with van der Waals surface area (Å²) in [4.78, 5) is 10.4. The smallest absolute Gasteiger partial charge is 0.319 e. The molecule has 0 saturated carbocycles. The second-order valence-corrected chi connectivity index (χ2v) is 2.17. The Morgan fingerprint density at radius 2 is 2.67 bits per heavy atom. The highest BCUT2D eigenvalue weighted by Gasteiger charge is 2.15. The molecule has 1 saturated heterocycles. The van der Waals surface area contributed by atoms with Crippen LogP contribution in [0.25, 0.3) is 0 Å². The van der Waals surface area contributed by atoms with Crippen LogP contribution in [-0.2, 0) is 9.53 Å². The highest BCUT2D eigenvalue weighted by atomic mass is 16.5. The van der Waals surface area contributed by atoms with E-state index in [0.717, 1.165) is 6.42 Å². The van der Waals surface area contributed by atoms with E-state index in [1.165, 1.54) is 0 Å². The van der Waals surface area contributed by atoms with E-state index < -0.39 is 0 Å². The lowest BCUT2D eigenvalue weighted by Gasteiger charge is -2.21. The molecule has 0 aromatic carbocycles. The minimum Gasteiger partial charge on any atom is -0.463 e. The van der Waals surface area contributed by atoms with Crippen LogP contribution >= 0.6 is 0 Å². The average Bonchev–Trinajstić information content (AvgIpc) is 1.90. The minimum absolute atomic E-state index is 0.139. The van der Waals surface area contributed by atoms with E-state index in [1.54, 1.807) is 0 Å². The number of carbonyl (C=O) groups excluding carboxylic acids is 1. The van der Waals surface area contributed by atoms with E-state index in [2.05, 4.69) is 12.2 Å². The van der Waals surface area contributed by atoms with Crippen molar-refractivity contribution < 1.29 is 9.53 Å². The molecule has 1 aliphatic heterocycles. The van der Waals surface area contributed by atoms with E-state index >= 15 is 0 Å². The number of morpholine rings is 1. The summed E-state index contributed by atoms with van der Waals surface area (Å²) in [6.45, 7) is 2.98. The molecule has 0 aromatic heterocycles. The predicted molar refractivity (Wildman–Crippen MR) is 33.0 cm³/mol. The summed E-state index contributed by atoms with van der Waals surface area (Å²) in [5.41, 5.74) is 0. The van der Waals surface area contributed by atoms with Crippen LogP contribution in [0.15, 0.2) is 0 Å². The first-order valence-corrected chi connectivity index (χ1v) is 3.22. The third-order valence-corrected chi connectivity index (χ3v) is 1.47. The van der Waals surface area contributed by atoms with Gasteiger partial charge in [0.15, 0.2) is 0 Å². The first-order chi connectivity index (χ1) is 4.33. The van der Waals surface area contributed by atoms with Gasteiger partial charge in [-0.1, -0.05) is 6.92 Å². The van der Waals surface area contributed by atoms with Crippen LogP contribution in [-0.4, -0.2) is 25.2 Å². The molecule has 3 nitrogen and oxygen atoms in total. The van der Waals surface area contributed by atoms with Gasteiger partial charge in [-0.25, -0.2) is 0 Å². The van der Waals surface area contributed by atoms with Gasteiger partial charge in [0.25, 0.3) is 0 Å². The van der Waals surface area contributed by atoms with Gasteiger partial charge in [0, 0.05) is 6.04 Å². The van der Waals surface area contributed by atoms with Crippen LogP contribution in [0, 0.1) is 0 Å². The van der Waals surface area contributed by atoms with E-state index in [0.29, 0.717) is 19.2 Å².